The maximum atomic E-state index is 5.15. The van der Waals surface area contributed by atoms with Gasteiger partial charge in [0.05, 0.1) is 4.87 Å². The van der Waals surface area contributed by atoms with E-state index in [0.717, 1.165) is 0 Å². The van der Waals surface area contributed by atoms with Gasteiger partial charge in [-0.2, -0.15) is 12.6 Å². The van der Waals surface area contributed by atoms with Gasteiger partial charge in [0, 0.05) is 11.1 Å². The fourth-order valence-electron chi connectivity index (χ4n) is 4.46. The van der Waals surface area contributed by atoms with Crippen LogP contribution < -0.4 is 0 Å². The van der Waals surface area contributed by atoms with Gasteiger partial charge in [-0.05, 0) is 59.8 Å². The van der Waals surface area contributed by atoms with Crippen molar-refractivity contribution in [3.8, 4) is 0 Å². The van der Waals surface area contributed by atoms with E-state index in [-0.39, 0.29) is 4.87 Å². The first-order valence-corrected chi connectivity index (χ1v) is 7.76. The van der Waals surface area contributed by atoms with Crippen molar-refractivity contribution in [2.24, 2.45) is 0 Å². The highest BCUT2D eigenvalue weighted by Gasteiger charge is 2.50. The first-order chi connectivity index (χ1) is 7.78. The van der Waals surface area contributed by atoms with E-state index in [0.29, 0.717) is 11.1 Å². The summed E-state index contributed by atoms with van der Waals surface area (Å²) in [5, 5.41) is 0. The van der Waals surface area contributed by atoms with E-state index < -0.39 is 0 Å². The van der Waals surface area contributed by atoms with Crippen molar-refractivity contribution in [3.05, 3.63) is 0 Å². The second-order valence-corrected chi connectivity index (χ2v) is 8.19. The van der Waals surface area contributed by atoms with Crippen LogP contribution in [0.3, 0.4) is 0 Å². The molecule has 0 radical (unpaired) electrons. The molecule has 1 aliphatic carbocycles. The minimum Gasteiger partial charge on any atom is -0.279 e. The molecule has 1 aliphatic heterocycles. The van der Waals surface area contributed by atoms with Crippen molar-refractivity contribution in [3.63, 3.8) is 0 Å². The van der Waals surface area contributed by atoms with Crippen molar-refractivity contribution in [1.82, 2.24) is 4.90 Å². The Kier molecular flexibility index (Phi) is 3.60. The van der Waals surface area contributed by atoms with Gasteiger partial charge < -0.3 is 0 Å². The molecule has 0 aromatic heterocycles. The highest BCUT2D eigenvalue weighted by molar-refractivity contribution is 7.81. The Morgan fingerprint density at radius 1 is 0.706 bits per heavy atom. The van der Waals surface area contributed by atoms with Gasteiger partial charge in [-0.15, -0.1) is 0 Å². The van der Waals surface area contributed by atoms with Crippen molar-refractivity contribution < 1.29 is 0 Å². The summed E-state index contributed by atoms with van der Waals surface area (Å²) in [6.07, 6.45) is 10.6. The first-order valence-electron chi connectivity index (χ1n) is 7.31. The Bertz CT molecular complexity index is 261. The molecule has 2 rings (SSSR count). The lowest BCUT2D eigenvalue weighted by Crippen LogP contribution is -2.66. The molecule has 0 amide bonds. The quantitative estimate of drug-likeness (QED) is 0.669. The monoisotopic (exact) mass is 255 g/mol. The normalized spacial score (nSPS) is 32.3. The van der Waals surface area contributed by atoms with E-state index in [2.05, 4.69) is 32.6 Å². The summed E-state index contributed by atoms with van der Waals surface area (Å²) in [6, 6.07) is 0. The lowest BCUT2D eigenvalue weighted by molar-refractivity contribution is -0.0842. The fraction of sp³-hybridized carbons (Fsp3) is 1.00. The average molecular weight is 255 g/mol. The molecule has 0 N–H and O–H groups in total. The third-order valence-electron chi connectivity index (χ3n) is 4.86. The molecule has 2 heteroatoms. The number of nitrogens with zero attached hydrogens (tertiary/aromatic N) is 1. The standard InChI is InChI=1S/C15H29NS/c1-13(2)9-8-10-14(3,4)16(13)15(17)11-6-5-7-12-15/h17H,5-12H2,1-4H3. The molecule has 0 aromatic rings. The Labute approximate surface area is 113 Å². The van der Waals surface area contributed by atoms with E-state index in [9.17, 15) is 0 Å². The maximum absolute atomic E-state index is 5.15. The van der Waals surface area contributed by atoms with Gasteiger partial charge in [-0.3, -0.25) is 4.90 Å². The zero-order chi connectivity index (χ0) is 12.7. The summed E-state index contributed by atoms with van der Waals surface area (Å²) >= 11 is 5.15. The van der Waals surface area contributed by atoms with Crippen LogP contribution in [0.2, 0.25) is 0 Å². The highest BCUT2D eigenvalue weighted by Crippen LogP contribution is 2.49. The van der Waals surface area contributed by atoms with Crippen molar-refractivity contribution >= 4 is 12.6 Å². The molecule has 17 heavy (non-hydrogen) atoms. The largest absolute Gasteiger partial charge is 0.279 e. The van der Waals surface area contributed by atoms with Crippen LogP contribution in [0.1, 0.15) is 79.1 Å². The van der Waals surface area contributed by atoms with Crippen LogP contribution in [0.15, 0.2) is 0 Å². The Morgan fingerprint density at radius 3 is 1.65 bits per heavy atom. The maximum Gasteiger partial charge on any atom is 0.0649 e. The lowest BCUT2D eigenvalue weighted by Gasteiger charge is -2.61. The van der Waals surface area contributed by atoms with Gasteiger partial charge >= 0.3 is 0 Å². The van der Waals surface area contributed by atoms with Gasteiger partial charge in [0.1, 0.15) is 0 Å². The van der Waals surface area contributed by atoms with Crippen LogP contribution in [-0.2, 0) is 0 Å². The molecule has 0 bridgehead atoms. The summed E-state index contributed by atoms with van der Waals surface area (Å²) in [4.78, 5) is 2.91. The number of likely N-dealkylation sites (tertiary alicyclic amines) is 1. The van der Waals surface area contributed by atoms with E-state index in [1.165, 1.54) is 51.4 Å². The van der Waals surface area contributed by atoms with Crippen molar-refractivity contribution in [1.29, 1.82) is 0 Å². The fourth-order valence-corrected chi connectivity index (χ4v) is 5.32. The highest BCUT2D eigenvalue weighted by atomic mass is 32.1. The smallest absolute Gasteiger partial charge is 0.0649 e. The van der Waals surface area contributed by atoms with Gasteiger partial charge in [0.15, 0.2) is 0 Å². The predicted molar refractivity (Wildman–Crippen MR) is 78.7 cm³/mol. The molecule has 2 aliphatic rings. The molecule has 100 valence electrons. The third-order valence-corrected chi connectivity index (χ3v) is 5.51. The number of rotatable bonds is 1. The molecule has 1 saturated heterocycles. The second-order valence-electron chi connectivity index (χ2n) is 7.36. The summed E-state index contributed by atoms with van der Waals surface area (Å²) in [6.45, 7) is 9.67. The molecule has 1 saturated carbocycles. The van der Waals surface area contributed by atoms with E-state index in [4.69, 9.17) is 12.6 Å². The predicted octanol–water partition coefficient (Wildman–Crippen LogP) is 4.62. The second kappa shape index (κ2) is 4.45. The summed E-state index contributed by atoms with van der Waals surface area (Å²) in [5.41, 5.74) is 0.613. The van der Waals surface area contributed by atoms with Crippen molar-refractivity contribution in [2.75, 3.05) is 0 Å². The first kappa shape index (κ1) is 13.7. The van der Waals surface area contributed by atoms with Crippen LogP contribution >= 0.6 is 12.6 Å². The molecule has 0 unspecified atom stereocenters. The van der Waals surface area contributed by atoms with Crippen LogP contribution in [0, 0.1) is 0 Å². The van der Waals surface area contributed by atoms with Crippen LogP contribution in [0.5, 0.6) is 0 Å². The molecule has 1 nitrogen and oxygen atoms in total. The minimum absolute atomic E-state index is 0.145. The number of hydrogen-bond donors (Lipinski definition) is 1. The Morgan fingerprint density at radius 2 is 1.18 bits per heavy atom. The topological polar surface area (TPSA) is 3.24 Å². The van der Waals surface area contributed by atoms with E-state index >= 15 is 0 Å². The molecule has 0 aromatic carbocycles. The average Bonchev–Trinajstić information content (AvgIpc) is 2.14. The number of hydrogen-bond acceptors (Lipinski definition) is 2. The molecule has 2 fully saturated rings. The number of thiol groups is 1. The van der Waals surface area contributed by atoms with Gasteiger partial charge in [-0.25, -0.2) is 0 Å². The van der Waals surface area contributed by atoms with Gasteiger partial charge in [0.2, 0.25) is 0 Å². The van der Waals surface area contributed by atoms with Crippen LogP contribution in [0.25, 0.3) is 0 Å². The molecule has 0 atom stereocenters. The van der Waals surface area contributed by atoms with Gasteiger partial charge in [-0.1, -0.05) is 19.3 Å². The number of piperidine rings is 1. The SMILES string of the molecule is CC1(C)CCCC(C)(C)N1C1(S)CCCCC1. The summed E-state index contributed by atoms with van der Waals surface area (Å²) in [5.74, 6) is 0. The molecule has 1 heterocycles. The summed E-state index contributed by atoms with van der Waals surface area (Å²) < 4.78 is 0. The molecular weight excluding hydrogens is 226 g/mol. The Balaban J connectivity index is 2.30. The molecular formula is C15H29NS. The van der Waals surface area contributed by atoms with E-state index in [1.807, 2.05) is 0 Å². The van der Waals surface area contributed by atoms with Crippen LogP contribution in [-0.4, -0.2) is 20.8 Å². The van der Waals surface area contributed by atoms with Crippen LogP contribution in [0.4, 0.5) is 0 Å². The third kappa shape index (κ3) is 2.53. The lowest BCUT2D eigenvalue weighted by atomic mass is 9.76. The minimum atomic E-state index is 0.145. The molecule has 0 spiro atoms. The Hall–Kier alpha value is 0.310. The van der Waals surface area contributed by atoms with Crippen molar-refractivity contribution in [2.45, 2.75) is 95.0 Å². The van der Waals surface area contributed by atoms with E-state index in [1.54, 1.807) is 0 Å². The zero-order valence-corrected chi connectivity index (χ0v) is 12.9. The summed E-state index contributed by atoms with van der Waals surface area (Å²) in [7, 11) is 0. The zero-order valence-electron chi connectivity index (χ0n) is 12.1. The van der Waals surface area contributed by atoms with Gasteiger partial charge in [0.25, 0.3) is 0 Å².